The van der Waals surface area contributed by atoms with Crippen LogP contribution in [0, 0.1) is 0 Å². The van der Waals surface area contributed by atoms with Crippen molar-refractivity contribution in [3.63, 3.8) is 0 Å². The Morgan fingerprint density at radius 1 is 1.35 bits per heavy atom. The van der Waals surface area contributed by atoms with Crippen molar-refractivity contribution in [3.05, 3.63) is 29.8 Å². The SMILES string of the molecule is CC(=O)N[C@H]1[C@H](Oc2ccccc2C=O)O[C@H](CO)[C@@H](O)[C@@H]1O. The van der Waals surface area contributed by atoms with Crippen LogP contribution in [0.1, 0.15) is 17.3 Å². The van der Waals surface area contributed by atoms with Gasteiger partial charge in [0.05, 0.1) is 12.2 Å². The van der Waals surface area contributed by atoms with Gasteiger partial charge in [-0.05, 0) is 12.1 Å². The first kappa shape index (κ1) is 17.4. The number of hydrogen-bond acceptors (Lipinski definition) is 7. The van der Waals surface area contributed by atoms with Crippen LogP contribution in [-0.4, -0.2) is 64.8 Å². The van der Waals surface area contributed by atoms with Crippen molar-refractivity contribution in [2.45, 2.75) is 37.6 Å². The van der Waals surface area contributed by atoms with Gasteiger partial charge in [0.25, 0.3) is 0 Å². The fraction of sp³-hybridized carbons (Fsp3) is 0.467. The van der Waals surface area contributed by atoms with E-state index in [1.165, 1.54) is 19.1 Å². The molecule has 0 radical (unpaired) electrons. The van der Waals surface area contributed by atoms with Crippen LogP contribution in [0.15, 0.2) is 24.3 Å². The highest BCUT2D eigenvalue weighted by Gasteiger charge is 2.46. The van der Waals surface area contributed by atoms with Gasteiger partial charge >= 0.3 is 0 Å². The van der Waals surface area contributed by atoms with Crippen molar-refractivity contribution >= 4 is 12.2 Å². The maximum Gasteiger partial charge on any atom is 0.223 e. The second kappa shape index (κ2) is 7.51. The predicted octanol–water partition coefficient (Wildman–Crippen LogP) is -1.18. The number of carbonyl (C=O) groups excluding carboxylic acids is 2. The Kier molecular flexibility index (Phi) is 5.67. The van der Waals surface area contributed by atoms with E-state index in [1.807, 2.05) is 0 Å². The minimum atomic E-state index is -1.40. The van der Waals surface area contributed by atoms with Crippen LogP contribution in [0.25, 0.3) is 0 Å². The van der Waals surface area contributed by atoms with Gasteiger partial charge in [0, 0.05) is 6.92 Å². The Morgan fingerprint density at radius 2 is 2.04 bits per heavy atom. The number of hydrogen-bond donors (Lipinski definition) is 4. The molecule has 0 saturated carbocycles. The van der Waals surface area contributed by atoms with Gasteiger partial charge in [-0.25, -0.2) is 0 Å². The van der Waals surface area contributed by atoms with Gasteiger partial charge in [-0.3, -0.25) is 9.59 Å². The number of aliphatic hydroxyl groups is 3. The molecule has 2 rings (SSSR count). The molecule has 1 aromatic rings. The molecule has 0 unspecified atom stereocenters. The summed E-state index contributed by atoms with van der Waals surface area (Å²) in [5.41, 5.74) is 0.263. The van der Waals surface area contributed by atoms with E-state index in [4.69, 9.17) is 9.47 Å². The fourth-order valence-electron chi connectivity index (χ4n) is 2.38. The molecule has 1 aliphatic heterocycles. The molecule has 1 aromatic carbocycles. The Labute approximate surface area is 132 Å². The van der Waals surface area contributed by atoms with Gasteiger partial charge in [-0.2, -0.15) is 0 Å². The van der Waals surface area contributed by atoms with E-state index in [1.54, 1.807) is 12.1 Å². The van der Waals surface area contributed by atoms with E-state index in [9.17, 15) is 24.9 Å². The van der Waals surface area contributed by atoms with Crippen LogP contribution in [0.5, 0.6) is 5.75 Å². The highest BCUT2D eigenvalue weighted by molar-refractivity contribution is 5.79. The molecule has 8 heteroatoms. The lowest BCUT2D eigenvalue weighted by Crippen LogP contribution is -2.65. The summed E-state index contributed by atoms with van der Waals surface area (Å²) in [6.45, 7) is 0.702. The average Bonchev–Trinajstić information content (AvgIpc) is 2.54. The Morgan fingerprint density at radius 3 is 2.65 bits per heavy atom. The first-order chi connectivity index (χ1) is 11.0. The Balaban J connectivity index is 2.27. The molecule has 1 saturated heterocycles. The van der Waals surface area contributed by atoms with Crippen molar-refractivity contribution in [1.29, 1.82) is 0 Å². The minimum Gasteiger partial charge on any atom is -0.462 e. The summed E-state index contributed by atoms with van der Waals surface area (Å²) < 4.78 is 11.0. The van der Waals surface area contributed by atoms with Gasteiger partial charge in [-0.15, -0.1) is 0 Å². The first-order valence-corrected chi connectivity index (χ1v) is 7.08. The second-order valence-electron chi connectivity index (χ2n) is 5.21. The minimum absolute atomic E-state index is 0.197. The van der Waals surface area contributed by atoms with Crippen molar-refractivity contribution in [2.24, 2.45) is 0 Å². The lowest BCUT2D eigenvalue weighted by molar-refractivity contribution is -0.244. The van der Waals surface area contributed by atoms with Crippen molar-refractivity contribution < 1.29 is 34.4 Å². The average molecular weight is 325 g/mol. The summed E-state index contributed by atoms with van der Waals surface area (Å²) in [7, 11) is 0. The van der Waals surface area contributed by atoms with E-state index >= 15 is 0 Å². The molecule has 8 nitrogen and oxygen atoms in total. The highest BCUT2D eigenvalue weighted by atomic mass is 16.7. The standard InChI is InChI=1S/C15H19NO7/c1-8(19)16-12-14(21)13(20)11(7-18)23-15(12)22-10-5-3-2-4-9(10)6-17/h2-6,11-15,18,20-21H,7H2,1H3,(H,16,19)/t11-,12-,13-,14-,15-/m1/s1. The third-order valence-electron chi connectivity index (χ3n) is 3.54. The molecular formula is C15H19NO7. The second-order valence-corrected chi connectivity index (χ2v) is 5.21. The van der Waals surface area contributed by atoms with Crippen LogP contribution in [0.2, 0.25) is 0 Å². The lowest BCUT2D eigenvalue weighted by atomic mass is 9.97. The summed E-state index contributed by atoms with van der Waals surface area (Å²) in [4.78, 5) is 22.4. The lowest BCUT2D eigenvalue weighted by Gasteiger charge is -2.42. The van der Waals surface area contributed by atoms with E-state index in [0.29, 0.717) is 6.29 Å². The maximum atomic E-state index is 11.3. The molecule has 1 heterocycles. The number of amides is 1. The number of nitrogens with one attached hydrogen (secondary N) is 1. The van der Waals surface area contributed by atoms with Gasteiger partial charge in [0.2, 0.25) is 12.2 Å². The Bertz CT molecular complexity index is 565. The molecule has 23 heavy (non-hydrogen) atoms. The van der Waals surface area contributed by atoms with Crippen LogP contribution in [-0.2, 0) is 9.53 Å². The number of benzene rings is 1. The first-order valence-electron chi connectivity index (χ1n) is 7.08. The molecule has 0 bridgehead atoms. The van der Waals surface area contributed by atoms with Gasteiger partial charge < -0.3 is 30.1 Å². The molecule has 0 aromatic heterocycles. The zero-order valence-electron chi connectivity index (χ0n) is 12.5. The largest absolute Gasteiger partial charge is 0.462 e. The topological polar surface area (TPSA) is 125 Å². The van der Waals surface area contributed by atoms with Gasteiger partial charge in [0.15, 0.2) is 6.29 Å². The quantitative estimate of drug-likeness (QED) is 0.502. The number of para-hydroxylation sites is 1. The normalized spacial score (nSPS) is 30.5. The van der Waals surface area contributed by atoms with Gasteiger partial charge in [-0.1, -0.05) is 12.1 Å². The van der Waals surface area contributed by atoms with Crippen molar-refractivity contribution in [1.82, 2.24) is 5.32 Å². The third-order valence-corrected chi connectivity index (χ3v) is 3.54. The number of ether oxygens (including phenoxy) is 2. The maximum absolute atomic E-state index is 11.3. The zero-order chi connectivity index (χ0) is 17.0. The molecule has 1 fully saturated rings. The summed E-state index contributed by atoms with van der Waals surface area (Å²) in [6, 6.07) is 5.30. The summed E-state index contributed by atoms with van der Waals surface area (Å²) in [5, 5.41) is 31.7. The number of aldehydes is 1. The summed E-state index contributed by atoms with van der Waals surface area (Å²) in [5.74, 6) is -0.257. The molecule has 0 aliphatic carbocycles. The molecule has 1 aliphatic rings. The zero-order valence-corrected chi connectivity index (χ0v) is 12.5. The van der Waals surface area contributed by atoms with Gasteiger partial charge in [0.1, 0.15) is 30.1 Å². The smallest absolute Gasteiger partial charge is 0.223 e. The van der Waals surface area contributed by atoms with E-state index in [-0.39, 0.29) is 11.3 Å². The molecule has 0 spiro atoms. The molecule has 4 N–H and O–H groups in total. The summed E-state index contributed by atoms with van der Waals surface area (Å²) >= 11 is 0. The van der Waals surface area contributed by atoms with Crippen molar-refractivity contribution in [2.75, 3.05) is 6.61 Å². The highest BCUT2D eigenvalue weighted by Crippen LogP contribution is 2.26. The van der Waals surface area contributed by atoms with Crippen molar-refractivity contribution in [3.8, 4) is 5.75 Å². The van der Waals surface area contributed by atoms with E-state index in [0.717, 1.165) is 0 Å². The van der Waals surface area contributed by atoms with E-state index in [2.05, 4.69) is 5.32 Å². The molecule has 5 atom stereocenters. The number of aliphatic hydroxyl groups excluding tert-OH is 3. The third kappa shape index (κ3) is 3.85. The fourth-order valence-corrected chi connectivity index (χ4v) is 2.38. The molecule has 126 valence electrons. The number of rotatable bonds is 5. The predicted molar refractivity (Wildman–Crippen MR) is 77.8 cm³/mol. The number of carbonyl (C=O) groups is 2. The monoisotopic (exact) mass is 325 g/mol. The van der Waals surface area contributed by atoms with Crippen LogP contribution in [0.4, 0.5) is 0 Å². The van der Waals surface area contributed by atoms with Crippen LogP contribution < -0.4 is 10.1 Å². The van der Waals surface area contributed by atoms with Crippen LogP contribution in [0.3, 0.4) is 0 Å². The van der Waals surface area contributed by atoms with Crippen LogP contribution >= 0.6 is 0 Å². The summed E-state index contributed by atoms with van der Waals surface area (Å²) in [6.07, 6.45) is -4.46. The van der Waals surface area contributed by atoms with E-state index < -0.39 is 43.2 Å². The molecular weight excluding hydrogens is 306 g/mol. The molecule has 1 amide bonds. The Hall–Kier alpha value is -2.00.